The average Bonchev–Trinajstić information content (AvgIpc) is 3.12. The summed E-state index contributed by atoms with van der Waals surface area (Å²) in [5, 5.41) is 12.0. The topological polar surface area (TPSA) is 67.1 Å². The van der Waals surface area contributed by atoms with Crippen LogP contribution in [0.2, 0.25) is 0 Å². The van der Waals surface area contributed by atoms with Gasteiger partial charge in [-0.3, -0.25) is 9.67 Å². The summed E-state index contributed by atoms with van der Waals surface area (Å²) in [6, 6.07) is 0. The van der Waals surface area contributed by atoms with E-state index in [2.05, 4.69) is 45.8 Å². The molecule has 0 bridgehead atoms. The highest BCUT2D eigenvalue weighted by Crippen LogP contribution is 2.10. The van der Waals surface area contributed by atoms with Gasteiger partial charge in [0.05, 0.1) is 11.2 Å². The molecule has 7 heteroatoms. The number of aromatic nitrogens is 3. The predicted molar refractivity (Wildman–Crippen MR) is 96.1 cm³/mol. The second kappa shape index (κ2) is 9.29. The van der Waals surface area contributed by atoms with Crippen molar-refractivity contribution >= 4 is 17.3 Å². The standard InChI is InChI=1S/C16H26N6S/c1-4-17-16(19-9-7-15-20-10-13(2)23-15)18-8-5-6-14-11-21-22(3)12-14/h10-12H,4-9H2,1-3H3,(H2,17,18,19). The summed E-state index contributed by atoms with van der Waals surface area (Å²) >= 11 is 1.75. The minimum Gasteiger partial charge on any atom is -0.357 e. The Kier molecular flexibility index (Phi) is 7.06. The molecule has 2 N–H and O–H groups in total. The highest BCUT2D eigenvalue weighted by atomic mass is 32.1. The SMILES string of the molecule is CCNC(=NCCCc1cnn(C)c1)NCCc1ncc(C)s1. The number of nitrogens with zero attached hydrogens (tertiary/aromatic N) is 4. The highest BCUT2D eigenvalue weighted by Gasteiger charge is 2.01. The normalized spacial score (nSPS) is 11.7. The molecule has 0 aliphatic heterocycles. The number of aryl methyl sites for hydroxylation is 3. The van der Waals surface area contributed by atoms with E-state index in [0.717, 1.165) is 44.9 Å². The van der Waals surface area contributed by atoms with Gasteiger partial charge in [-0.25, -0.2) is 4.98 Å². The van der Waals surface area contributed by atoms with Crippen molar-refractivity contribution in [3.05, 3.63) is 34.0 Å². The van der Waals surface area contributed by atoms with Crippen LogP contribution in [-0.4, -0.2) is 40.4 Å². The van der Waals surface area contributed by atoms with Crippen molar-refractivity contribution in [1.29, 1.82) is 0 Å². The third kappa shape index (κ3) is 6.40. The van der Waals surface area contributed by atoms with Crippen molar-refractivity contribution in [2.75, 3.05) is 19.6 Å². The molecule has 0 fully saturated rings. The molecular formula is C16H26N6S. The maximum Gasteiger partial charge on any atom is 0.191 e. The number of nitrogens with one attached hydrogen (secondary N) is 2. The summed E-state index contributed by atoms with van der Waals surface area (Å²) in [5.74, 6) is 0.881. The number of thiazole rings is 1. The maximum absolute atomic E-state index is 4.62. The summed E-state index contributed by atoms with van der Waals surface area (Å²) in [4.78, 5) is 10.3. The van der Waals surface area contributed by atoms with Gasteiger partial charge >= 0.3 is 0 Å². The van der Waals surface area contributed by atoms with E-state index in [4.69, 9.17) is 0 Å². The van der Waals surface area contributed by atoms with Gasteiger partial charge in [0.25, 0.3) is 0 Å². The number of hydrogen-bond donors (Lipinski definition) is 2. The predicted octanol–water partition coefficient (Wildman–Crippen LogP) is 1.92. The van der Waals surface area contributed by atoms with E-state index in [1.807, 2.05) is 24.1 Å². The maximum atomic E-state index is 4.62. The molecule has 2 aromatic rings. The van der Waals surface area contributed by atoms with Crippen molar-refractivity contribution in [3.8, 4) is 0 Å². The molecule has 0 amide bonds. The molecule has 0 saturated carbocycles. The molecule has 0 saturated heterocycles. The Morgan fingerprint density at radius 3 is 2.83 bits per heavy atom. The smallest absolute Gasteiger partial charge is 0.191 e. The van der Waals surface area contributed by atoms with Gasteiger partial charge in [0.15, 0.2) is 5.96 Å². The van der Waals surface area contributed by atoms with E-state index in [0.29, 0.717) is 0 Å². The first kappa shape index (κ1) is 17.5. The molecule has 0 aliphatic carbocycles. The van der Waals surface area contributed by atoms with Crippen molar-refractivity contribution in [2.24, 2.45) is 12.0 Å². The quantitative estimate of drug-likeness (QED) is 0.440. The molecule has 0 radical (unpaired) electrons. The van der Waals surface area contributed by atoms with E-state index >= 15 is 0 Å². The number of guanidine groups is 1. The van der Waals surface area contributed by atoms with Gasteiger partial charge < -0.3 is 10.6 Å². The molecule has 2 aromatic heterocycles. The summed E-state index contributed by atoms with van der Waals surface area (Å²) in [6.07, 6.45) is 8.87. The average molecular weight is 334 g/mol. The van der Waals surface area contributed by atoms with Crippen LogP contribution in [0.25, 0.3) is 0 Å². The second-order valence-corrected chi connectivity index (χ2v) is 6.75. The molecule has 0 aliphatic rings. The van der Waals surface area contributed by atoms with E-state index in [1.165, 1.54) is 15.4 Å². The number of rotatable bonds is 8. The molecule has 0 spiro atoms. The van der Waals surface area contributed by atoms with Crippen molar-refractivity contribution < 1.29 is 0 Å². The van der Waals surface area contributed by atoms with E-state index in [1.54, 1.807) is 11.3 Å². The third-order valence-electron chi connectivity index (χ3n) is 3.30. The van der Waals surface area contributed by atoms with Crippen molar-refractivity contribution in [3.63, 3.8) is 0 Å². The number of hydrogen-bond acceptors (Lipinski definition) is 4. The van der Waals surface area contributed by atoms with Crippen LogP contribution in [0.4, 0.5) is 0 Å². The van der Waals surface area contributed by atoms with Crippen LogP contribution in [0.3, 0.4) is 0 Å². The van der Waals surface area contributed by atoms with Crippen LogP contribution in [0, 0.1) is 6.92 Å². The van der Waals surface area contributed by atoms with Gasteiger partial charge in [0, 0.05) is 50.4 Å². The molecular weight excluding hydrogens is 308 g/mol. The molecule has 2 rings (SSSR count). The van der Waals surface area contributed by atoms with E-state index in [-0.39, 0.29) is 0 Å². The first-order valence-electron chi connectivity index (χ1n) is 8.08. The lowest BCUT2D eigenvalue weighted by molar-refractivity contribution is 0.762. The van der Waals surface area contributed by atoms with Crippen LogP contribution >= 0.6 is 11.3 Å². The molecule has 0 atom stereocenters. The zero-order valence-corrected chi connectivity index (χ0v) is 15.0. The van der Waals surface area contributed by atoms with Crippen LogP contribution in [0.1, 0.15) is 28.8 Å². The van der Waals surface area contributed by atoms with E-state index in [9.17, 15) is 0 Å². The van der Waals surface area contributed by atoms with Gasteiger partial charge in [0.1, 0.15) is 0 Å². The summed E-state index contributed by atoms with van der Waals surface area (Å²) in [5.41, 5.74) is 1.26. The zero-order valence-electron chi connectivity index (χ0n) is 14.2. The highest BCUT2D eigenvalue weighted by molar-refractivity contribution is 7.11. The molecule has 6 nitrogen and oxygen atoms in total. The van der Waals surface area contributed by atoms with Gasteiger partial charge in [-0.2, -0.15) is 5.10 Å². The Morgan fingerprint density at radius 1 is 1.30 bits per heavy atom. The molecule has 0 unspecified atom stereocenters. The van der Waals surface area contributed by atoms with Gasteiger partial charge in [-0.05, 0) is 32.3 Å². The Labute approximate surface area is 142 Å². The Bertz CT molecular complexity index is 616. The fourth-order valence-corrected chi connectivity index (χ4v) is 3.01. The lowest BCUT2D eigenvalue weighted by atomic mass is 10.2. The minimum absolute atomic E-state index is 0.806. The summed E-state index contributed by atoms with van der Waals surface area (Å²) in [7, 11) is 1.94. The molecule has 23 heavy (non-hydrogen) atoms. The third-order valence-corrected chi connectivity index (χ3v) is 4.27. The number of aliphatic imine (C=N–C) groups is 1. The molecule has 126 valence electrons. The Hall–Kier alpha value is -1.89. The fraction of sp³-hybridized carbons (Fsp3) is 0.562. The fourth-order valence-electron chi connectivity index (χ4n) is 2.22. The lowest BCUT2D eigenvalue weighted by Crippen LogP contribution is -2.38. The van der Waals surface area contributed by atoms with E-state index < -0.39 is 0 Å². The molecule has 0 aromatic carbocycles. The van der Waals surface area contributed by atoms with Gasteiger partial charge in [-0.1, -0.05) is 0 Å². The first-order chi connectivity index (χ1) is 11.2. The summed E-state index contributed by atoms with van der Waals surface area (Å²) < 4.78 is 1.84. The van der Waals surface area contributed by atoms with Crippen LogP contribution < -0.4 is 10.6 Å². The van der Waals surface area contributed by atoms with Gasteiger partial charge in [-0.15, -0.1) is 11.3 Å². The largest absolute Gasteiger partial charge is 0.357 e. The lowest BCUT2D eigenvalue weighted by Gasteiger charge is -2.10. The first-order valence-corrected chi connectivity index (χ1v) is 8.90. The zero-order chi connectivity index (χ0) is 16.5. The Balaban J connectivity index is 1.70. The summed E-state index contributed by atoms with van der Waals surface area (Å²) in [6.45, 7) is 6.69. The molecule has 2 heterocycles. The minimum atomic E-state index is 0.806. The van der Waals surface area contributed by atoms with Crippen LogP contribution in [0.15, 0.2) is 23.6 Å². The monoisotopic (exact) mass is 334 g/mol. The van der Waals surface area contributed by atoms with Crippen LogP contribution in [0.5, 0.6) is 0 Å². The van der Waals surface area contributed by atoms with Crippen LogP contribution in [-0.2, 0) is 19.9 Å². The van der Waals surface area contributed by atoms with Crippen molar-refractivity contribution in [2.45, 2.75) is 33.1 Å². The van der Waals surface area contributed by atoms with Crippen molar-refractivity contribution in [1.82, 2.24) is 25.4 Å². The Morgan fingerprint density at radius 2 is 2.17 bits per heavy atom. The second-order valence-electron chi connectivity index (χ2n) is 5.43. The van der Waals surface area contributed by atoms with Gasteiger partial charge in [0.2, 0.25) is 0 Å².